The average molecular weight is 603 g/mol. The predicted molar refractivity (Wildman–Crippen MR) is 180 cm³/mol. The molecule has 0 nitrogen and oxygen atoms in total. The summed E-state index contributed by atoms with van der Waals surface area (Å²) >= 11 is -2.89. The molecule has 42 heavy (non-hydrogen) atoms. The van der Waals surface area contributed by atoms with Crippen molar-refractivity contribution in [3.05, 3.63) is 159 Å². The van der Waals surface area contributed by atoms with E-state index in [4.69, 9.17) is 0 Å². The molecule has 0 spiro atoms. The van der Waals surface area contributed by atoms with Crippen LogP contribution in [0.3, 0.4) is 0 Å². The summed E-state index contributed by atoms with van der Waals surface area (Å²) < 4.78 is 5.71. The van der Waals surface area contributed by atoms with Gasteiger partial charge in [0.15, 0.2) is 0 Å². The van der Waals surface area contributed by atoms with Gasteiger partial charge in [-0.25, -0.2) is 0 Å². The van der Waals surface area contributed by atoms with Crippen LogP contribution >= 0.6 is 0 Å². The van der Waals surface area contributed by atoms with Gasteiger partial charge in [0.25, 0.3) is 0 Å². The van der Waals surface area contributed by atoms with Gasteiger partial charge in [0.05, 0.1) is 0 Å². The molecule has 4 aromatic carbocycles. The fourth-order valence-corrected chi connectivity index (χ4v) is 20.7. The first-order valence-corrected chi connectivity index (χ1v) is 23.4. The minimum atomic E-state index is -2.89. The van der Waals surface area contributed by atoms with Crippen LogP contribution in [0.1, 0.15) is 49.3 Å². The van der Waals surface area contributed by atoms with E-state index in [1.807, 2.05) is 9.45 Å². The Morgan fingerprint density at radius 3 is 1.50 bits per heavy atom. The second kappa shape index (κ2) is 12.9. The number of benzene rings is 4. The van der Waals surface area contributed by atoms with Crippen molar-refractivity contribution in [2.75, 3.05) is 0 Å². The zero-order valence-corrected chi connectivity index (χ0v) is 28.3. The Balaban J connectivity index is 1.54. The monoisotopic (exact) mass is 602 g/mol. The van der Waals surface area contributed by atoms with Gasteiger partial charge < -0.3 is 0 Å². The van der Waals surface area contributed by atoms with Crippen molar-refractivity contribution in [1.82, 2.24) is 0 Å². The van der Waals surface area contributed by atoms with Gasteiger partial charge in [0, 0.05) is 0 Å². The standard InChI is InChI=1S/C19H25Si.3C7H7.Ti/c1-15-13-16(19-12-8-7-11-18(15)19)14-20(2,3)17-9-5-4-6-10-17;3*1-7-5-3-2-4-6-7;/h4-6,9-10,16H,7-8,11-12,14H2,1-3H3;3*2-6H,1H2;. The van der Waals surface area contributed by atoms with Gasteiger partial charge in [-0.1, -0.05) is 0 Å². The Kier molecular flexibility index (Phi) is 9.01. The number of rotatable bonds is 10. The third-order valence-electron chi connectivity index (χ3n) is 10.1. The number of allylic oxidation sites excluding steroid dienone is 4. The molecule has 0 radical (unpaired) electrons. The van der Waals surface area contributed by atoms with Crippen molar-refractivity contribution in [3.8, 4) is 0 Å². The molecule has 2 aliphatic rings. The van der Waals surface area contributed by atoms with Gasteiger partial charge >= 0.3 is 260 Å². The van der Waals surface area contributed by atoms with Crippen LogP contribution in [0.25, 0.3) is 0 Å². The molecule has 0 bridgehead atoms. The first-order valence-electron chi connectivity index (χ1n) is 16.1. The van der Waals surface area contributed by atoms with Gasteiger partial charge in [-0.15, -0.1) is 0 Å². The molecule has 0 aliphatic heterocycles. The average Bonchev–Trinajstić information content (AvgIpc) is 3.30. The van der Waals surface area contributed by atoms with Gasteiger partial charge in [-0.05, 0) is 0 Å². The zero-order chi connectivity index (χ0) is 29.0. The van der Waals surface area contributed by atoms with Crippen LogP contribution in [-0.2, 0) is 30.8 Å². The van der Waals surface area contributed by atoms with Crippen LogP contribution in [-0.4, -0.2) is 8.07 Å². The zero-order valence-electron chi connectivity index (χ0n) is 25.8. The first kappa shape index (κ1) is 29.4. The van der Waals surface area contributed by atoms with E-state index in [1.54, 1.807) is 16.3 Å². The van der Waals surface area contributed by atoms with Crippen LogP contribution < -0.4 is 5.19 Å². The van der Waals surface area contributed by atoms with Crippen LogP contribution in [0.15, 0.2) is 142 Å². The summed E-state index contributed by atoms with van der Waals surface area (Å²) in [5, 5.41) is 1.61. The third kappa shape index (κ3) is 6.30. The summed E-state index contributed by atoms with van der Waals surface area (Å²) in [4.78, 5) is 0. The van der Waals surface area contributed by atoms with E-state index in [2.05, 4.69) is 141 Å². The Labute approximate surface area is 259 Å². The van der Waals surface area contributed by atoms with Crippen molar-refractivity contribution in [2.45, 2.75) is 65.9 Å². The molecule has 0 fully saturated rings. The molecule has 0 aromatic heterocycles. The van der Waals surface area contributed by atoms with E-state index in [0.29, 0.717) is 5.92 Å². The molecular formula is C40H46SiTi. The second-order valence-electron chi connectivity index (χ2n) is 13.5. The topological polar surface area (TPSA) is 0 Å². The molecule has 4 aromatic rings. The van der Waals surface area contributed by atoms with E-state index in [-0.39, 0.29) is 0 Å². The SMILES string of the molecule is CC1=[C]([Ti]([CH2]c2ccccc2)([CH2]c2ccccc2)[CH2]c2ccccc2)C(C[Si](C)(C)c2ccccc2)C2=C1CCCC2. The van der Waals surface area contributed by atoms with E-state index in [1.165, 1.54) is 62.6 Å². The summed E-state index contributed by atoms with van der Waals surface area (Å²) in [6.45, 7) is 7.82. The van der Waals surface area contributed by atoms with E-state index >= 15 is 0 Å². The predicted octanol–water partition coefficient (Wildman–Crippen LogP) is 10.1. The van der Waals surface area contributed by atoms with Crippen molar-refractivity contribution in [2.24, 2.45) is 5.92 Å². The molecule has 2 aliphatic carbocycles. The molecule has 0 amide bonds. The molecule has 0 N–H and O–H groups in total. The maximum atomic E-state index is 2.64. The van der Waals surface area contributed by atoms with Gasteiger partial charge in [0.1, 0.15) is 0 Å². The Hall–Kier alpha value is -2.71. The molecule has 1 unspecified atom stereocenters. The Morgan fingerprint density at radius 2 is 1.02 bits per heavy atom. The Morgan fingerprint density at radius 1 is 0.595 bits per heavy atom. The van der Waals surface area contributed by atoms with Crippen molar-refractivity contribution in [3.63, 3.8) is 0 Å². The first-order chi connectivity index (χ1) is 20.5. The van der Waals surface area contributed by atoms with E-state index < -0.39 is 24.7 Å². The molecule has 0 saturated carbocycles. The van der Waals surface area contributed by atoms with Gasteiger partial charge in [-0.2, -0.15) is 0 Å². The van der Waals surface area contributed by atoms with Crippen molar-refractivity contribution < 1.29 is 16.6 Å². The van der Waals surface area contributed by atoms with Crippen molar-refractivity contribution in [1.29, 1.82) is 0 Å². The molecule has 6 rings (SSSR count). The van der Waals surface area contributed by atoms with Crippen LogP contribution in [0.5, 0.6) is 0 Å². The third-order valence-corrected chi connectivity index (χ3v) is 21.5. The van der Waals surface area contributed by atoms with Gasteiger partial charge in [-0.3, -0.25) is 0 Å². The van der Waals surface area contributed by atoms with Crippen LogP contribution in [0, 0.1) is 5.92 Å². The molecule has 0 saturated heterocycles. The quantitative estimate of drug-likeness (QED) is 0.159. The van der Waals surface area contributed by atoms with Crippen molar-refractivity contribution >= 4 is 13.3 Å². The molecular weight excluding hydrogens is 556 g/mol. The summed E-state index contributed by atoms with van der Waals surface area (Å²) in [5.74, 6) is 0.623. The second-order valence-corrected chi connectivity index (χ2v) is 24.8. The number of hydrogen-bond acceptors (Lipinski definition) is 0. The summed E-state index contributed by atoms with van der Waals surface area (Å²) in [5.41, 5.74) is 9.93. The molecule has 2 heteroatoms. The summed E-state index contributed by atoms with van der Waals surface area (Å²) in [7, 11) is -1.69. The number of hydrogen-bond donors (Lipinski definition) is 0. The fourth-order valence-electron chi connectivity index (χ4n) is 8.28. The minimum absolute atomic E-state index is 0.623. The Bertz CT molecular complexity index is 1430. The molecule has 1 atom stereocenters. The van der Waals surface area contributed by atoms with Crippen LogP contribution in [0.4, 0.5) is 0 Å². The fraction of sp³-hybridized carbons (Fsp3) is 0.300. The molecule has 0 heterocycles. The molecule has 214 valence electrons. The maximum absolute atomic E-state index is 2.89. The summed E-state index contributed by atoms with van der Waals surface area (Å²) in [6, 6.07) is 47.4. The van der Waals surface area contributed by atoms with Gasteiger partial charge in [0.2, 0.25) is 0 Å². The van der Waals surface area contributed by atoms with Crippen LogP contribution in [0.2, 0.25) is 19.1 Å². The van der Waals surface area contributed by atoms with E-state index in [0.717, 1.165) is 0 Å². The normalized spacial score (nSPS) is 17.5. The van der Waals surface area contributed by atoms with E-state index in [9.17, 15) is 0 Å². The summed E-state index contributed by atoms with van der Waals surface area (Å²) in [6.07, 6.45) is 5.31.